The van der Waals surface area contributed by atoms with E-state index < -0.39 is 11.5 Å². The van der Waals surface area contributed by atoms with E-state index in [2.05, 4.69) is 9.97 Å². The van der Waals surface area contributed by atoms with E-state index in [1.165, 1.54) is 0 Å². The third-order valence-electron chi connectivity index (χ3n) is 6.22. The molecule has 4 heterocycles. The number of nitrogens with zero attached hydrogens (tertiary/aromatic N) is 5. The summed E-state index contributed by atoms with van der Waals surface area (Å²) in [7, 11) is 3.93. The van der Waals surface area contributed by atoms with Gasteiger partial charge in [0.05, 0.1) is 12.3 Å². The maximum atomic E-state index is 13.0. The number of anilines is 1. The van der Waals surface area contributed by atoms with Crippen molar-refractivity contribution in [3.05, 3.63) is 36.3 Å². The second kappa shape index (κ2) is 8.24. The van der Waals surface area contributed by atoms with Crippen molar-refractivity contribution in [1.29, 1.82) is 0 Å². The van der Waals surface area contributed by atoms with Crippen LogP contribution in [0.4, 0.5) is 5.82 Å². The Labute approximate surface area is 182 Å². The van der Waals surface area contributed by atoms with Crippen molar-refractivity contribution in [2.24, 2.45) is 5.92 Å². The van der Waals surface area contributed by atoms with Crippen LogP contribution in [0.3, 0.4) is 0 Å². The molecule has 0 aromatic carbocycles. The number of ether oxygens (including phenoxy) is 1. The minimum absolute atomic E-state index is 0.0158. The lowest BCUT2D eigenvalue weighted by molar-refractivity contribution is -0.149. The number of hydrogen-bond donors (Lipinski definition) is 0. The number of carbonyl (C=O) groups excluding carboxylic acids is 2. The first-order valence-electron chi connectivity index (χ1n) is 10.7. The first-order chi connectivity index (χ1) is 14.7. The molecule has 2 aromatic rings. The number of pyridine rings is 1. The molecular weight excluding hydrogens is 394 g/mol. The van der Waals surface area contributed by atoms with Crippen molar-refractivity contribution in [3.63, 3.8) is 0 Å². The van der Waals surface area contributed by atoms with Crippen LogP contribution in [-0.2, 0) is 14.3 Å². The number of esters is 1. The maximum Gasteiger partial charge on any atom is 0.307 e. The van der Waals surface area contributed by atoms with Crippen molar-refractivity contribution in [3.8, 4) is 11.4 Å². The van der Waals surface area contributed by atoms with Crippen LogP contribution in [0.2, 0.25) is 0 Å². The fraction of sp³-hybridized carbons (Fsp3) is 0.522. The van der Waals surface area contributed by atoms with Crippen molar-refractivity contribution in [1.82, 2.24) is 19.9 Å². The molecule has 2 aromatic heterocycles. The molecule has 2 aliphatic rings. The summed E-state index contributed by atoms with van der Waals surface area (Å²) in [5.41, 5.74) is 1.13. The summed E-state index contributed by atoms with van der Waals surface area (Å²) in [5, 5.41) is 0. The number of cyclic esters (lactones) is 1. The minimum Gasteiger partial charge on any atom is -0.459 e. The lowest BCUT2D eigenvalue weighted by Gasteiger charge is -2.35. The van der Waals surface area contributed by atoms with E-state index in [-0.39, 0.29) is 24.2 Å². The zero-order valence-corrected chi connectivity index (χ0v) is 18.5. The molecule has 0 radical (unpaired) electrons. The first-order valence-corrected chi connectivity index (χ1v) is 10.7. The Hall–Kier alpha value is -3.03. The van der Waals surface area contributed by atoms with E-state index in [0.717, 1.165) is 29.9 Å². The maximum absolute atomic E-state index is 13.0. The van der Waals surface area contributed by atoms with Gasteiger partial charge in [-0.2, -0.15) is 0 Å². The van der Waals surface area contributed by atoms with Gasteiger partial charge in [-0.1, -0.05) is 0 Å². The Morgan fingerprint density at radius 3 is 2.55 bits per heavy atom. The third kappa shape index (κ3) is 4.38. The SMILES string of the molecule is CN(C)c1cc(C2CCN(C(=O)C3CC(=O)OC3(C)C)CC2)nc(-c2cccnc2)n1. The van der Waals surface area contributed by atoms with Crippen molar-refractivity contribution in [2.75, 3.05) is 32.1 Å². The van der Waals surface area contributed by atoms with Gasteiger partial charge in [-0.15, -0.1) is 0 Å². The first kappa shape index (κ1) is 21.2. The van der Waals surface area contributed by atoms with Crippen LogP contribution in [0.1, 0.15) is 44.7 Å². The van der Waals surface area contributed by atoms with E-state index in [9.17, 15) is 9.59 Å². The summed E-state index contributed by atoms with van der Waals surface area (Å²) in [6.07, 6.45) is 5.32. The van der Waals surface area contributed by atoms with Gasteiger partial charge >= 0.3 is 5.97 Å². The topological polar surface area (TPSA) is 88.5 Å². The van der Waals surface area contributed by atoms with Crippen LogP contribution in [0.5, 0.6) is 0 Å². The quantitative estimate of drug-likeness (QED) is 0.699. The number of hydrogen-bond acceptors (Lipinski definition) is 7. The van der Waals surface area contributed by atoms with Crippen molar-refractivity contribution >= 4 is 17.7 Å². The molecule has 164 valence electrons. The summed E-state index contributed by atoms with van der Waals surface area (Å²) in [6, 6.07) is 5.87. The second-order valence-corrected chi connectivity index (χ2v) is 9.04. The van der Waals surface area contributed by atoms with Crippen LogP contribution in [0.25, 0.3) is 11.4 Å². The molecular formula is C23H29N5O3. The Balaban J connectivity index is 1.50. The molecule has 1 unspecified atom stereocenters. The van der Waals surface area contributed by atoms with Gasteiger partial charge in [-0.3, -0.25) is 14.6 Å². The highest BCUT2D eigenvalue weighted by molar-refractivity contribution is 5.87. The molecule has 1 amide bonds. The summed E-state index contributed by atoms with van der Waals surface area (Å²) in [6.45, 7) is 4.93. The number of aromatic nitrogens is 3. The summed E-state index contributed by atoms with van der Waals surface area (Å²) >= 11 is 0. The number of rotatable bonds is 4. The largest absolute Gasteiger partial charge is 0.459 e. The van der Waals surface area contributed by atoms with E-state index in [0.29, 0.717) is 18.9 Å². The number of amides is 1. The highest BCUT2D eigenvalue weighted by Crippen LogP contribution is 2.36. The van der Waals surface area contributed by atoms with Crippen LogP contribution < -0.4 is 4.90 Å². The van der Waals surface area contributed by atoms with E-state index in [4.69, 9.17) is 9.72 Å². The molecule has 8 heteroatoms. The Morgan fingerprint density at radius 2 is 1.97 bits per heavy atom. The van der Waals surface area contributed by atoms with Gasteiger partial charge in [0.2, 0.25) is 5.91 Å². The van der Waals surface area contributed by atoms with Crippen LogP contribution in [0, 0.1) is 5.92 Å². The standard InChI is InChI=1S/C23H29N5O3/c1-23(2)17(12-20(29)31-23)22(30)28-10-7-15(8-11-28)18-13-19(27(3)4)26-21(25-18)16-6-5-9-24-14-16/h5-6,9,13-15,17H,7-8,10-12H2,1-4H3. The average Bonchev–Trinajstić information content (AvgIpc) is 3.05. The molecule has 0 saturated carbocycles. The molecule has 8 nitrogen and oxygen atoms in total. The lowest BCUT2D eigenvalue weighted by atomic mass is 9.87. The Morgan fingerprint density at radius 1 is 1.23 bits per heavy atom. The molecule has 0 aliphatic carbocycles. The average molecular weight is 424 g/mol. The van der Waals surface area contributed by atoms with Gasteiger partial charge in [-0.05, 0) is 38.8 Å². The molecule has 31 heavy (non-hydrogen) atoms. The van der Waals surface area contributed by atoms with Crippen LogP contribution in [-0.4, -0.2) is 64.5 Å². The molecule has 4 rings (SSSR count). The Bertz CT molecular complexity index is 968. The van der Waals surface area contributed by atoms with Crippen molar-refractivity contribution < 1.29 is 14.3 Å². The van der Waals surface area contributed by atoms with E-state index in [1.54, 1.807) is 12.4 Å². The predicted molar refractivity (Wildman–Crippen MR) is 116 cm³/mol. The highest BCUT2D eigenvalue weighted by Gasteiger charge is 2.47. The summed E-state index contributed by atoms with van der Waals surface area (Å²) in [5.74, 6) is 1.08. The number of likely N-dealkylation sites (tertiary alicyclic amines) is 1. The fourth-order valence-electron chi connectivity index (χ4n) is 4.33. The lowest BCUT2D eigenvalue weighted by Crippen LogP contribution is -2.46. The highest BCUT2D eigenvalue weighted by atomic mass is 16.6. The van der Waals surface area contributed by atoms with Gasteiger partial charge in [0.15, 0.2) is 5.82 Å². The molecule has 0 N–H and O–H groups in total. The fourth-order valence-corrected chi connectivity index (χ4v) is 4.33. The van der Waals surface area contributed by atoms with E-state index >= 15 is 0 Å². The zero-order chi connectivity index (χ0) is 22.2. The smallest absolute Gasteiger partial charge is 0.307 e. The van der Waals surface area contributed by atoms with Gasteiger partial charge < -0.3 is 14.5 Å². The Kier molecular flexibility index (Phi) is 5.64. The molecule has 0 bridgehead atoms. The molecule has 2 fully saturated rings. The van der Waals surface area contributed by atoms with Crippen molar-refractivity contribution in [2.45, 2.75) is 44.6 Å². The molecule has 2 aliphatic heterocycles. The number of carbonyl (C=O) groups is 2. The molecule has 1 atom stereocenters. The van der Waals surface area contributed by atoms with Crippen LogP contribution in [0.15, 0.2) is 30.6 Å². The van der Waals surface area contributed by atoms with Gasteiger partial charge in [0.1, 0.15) is 11.4 Å². The third-order valence-corrected chi connectivity index (χ3v) is 6.22. The second-order valence-electron chi connectivity index (χ2n) is 9.04. The molecule has 2 saturated heterocycles. The van der Waals surface area contributed by atoms with Gasteiger partial charge in [0.25, 0.3) is 0 Å². The normalized spacial score (nSPS) is 21.1. The number of piperidine rings is 1. The summed E-state index contributed by atoms with van der Waals surface area (Å²) < 4.78 is 5.34. The monoisotopic (exact) mass is 423 g/mol. The van der Waals surface area contributed by atoms with Crippen LogP contribution >= 0.6 is 0 Å². The zero-order valence-electron chi connectivity index (χ0n) is 18.5. The summed E-state index contributed by atoms with van der Waals surface area (Å²) in [4.78, 5) is 42.3. The predicted octanol–water partition coefficient (Wildman–Crippen LogP) is 2.65. The molecule has 0 spiro atoms. The van der Waals surface area contributed by atoms with Gasteiger partial charge in [0, 0.05) is 62.8 Å². The van der Waals surface area contributed by atoms with E-state index in [1.807, 2.05) is 55.9 Å². The minimum atomic E-state index is -0.739. The van der Waals surface area contributed by atoms with Gasteiger partial charge in [-0.25, -0.2) is 9.97 Å².